The Kier molecular flexibility index (Phi) is 7.73. The van der Waals surface area contributed by atoms with E-state index in [0.29, 0.717) is 57.7 Å². The smallest absolute Gasteiger partial charge is 0.274 e. The number of aromatic nitrogens is 2. The quantitative estimate of drug-likeness (QED) is 0.649. The van der Waals surface area contributed by atoms with Crippen LogP contribution in [-0.2, 0) is 29.6 Å². The molecule has 2 aliphatic heterocycles. The van der Waals surface area contributed by atoms with Gasteiger partial charge >= 0.3 is 0 Å². The molecule has 1 aromatic heterocycles. The van der Waals surface area contributed by atoms with Gasteiger partial charge in [0.15, 0.2) is 5.69 Å². The molecule has 0 spiro atoms. The van der Waals surface area contributed by atoms with Gasteiger partial charge in [-0.05, 0) is 44.9 Å². The third kappa shape index (κ3) is 5.36. The summed E-state index contributed by atoms with van der Waals surface area (Å²) in [4.78, 5) is 42.2. The van der Waals surface area contributed by atoms with E-state index in [2.05, 4.69) is 16.5 Å². The second kappa shape index (κ2) is 10.7. The maximum Gasteiger partial charge on any atom is 0.274 e. The molecule has 1 aromatic rings. The molecule has 1 aliphatic carbocycles. The van der Waals surface area contributed by atoms with Crippen LogP contribution in [0.2, 0.25) is 0 Å². The molecule has 0 saturated carbocycles. The summed E-state index contributed by atoms with van der Waals surface area (Å²) in [6, 6.07) is 0. The van der Waals surface area contributed by atoms with Gasteiger partial charge in [0.1, 0.15) is 0 Å². The predicted molar refractivity (Wildman–Crippen MR) is 130 cm³/mol. The molecule has 0 radical (unpaired) electrons. The van der Waals surface area contributed by atoms with Crippen LogP contribution < -0.4 is 5.32 Å². The molecule has 0 atom stereocenters. The standard InChI is InChI=1S/C26H39N5O3/c1-18(2)25(33)31-16-12-22-21(17-31)23(28-29(22)3)26(34)30-14-10-20(11-15-30)24(32)27-13-9-19-7-5-4-6-8-19/h7,18,20H,4-6,8-17H2,1-3H3,(H,27,32). The number of amides is 3. The van der Waals surface area contributed by atoms with E-state index in [1.165, 1.54) is 24.8 Å². The molecule has 3 amide bonds. The van der Waals surface area contributed by atoms with Gasteiger partial charge in [-0.25, -0.2) is 0 Å². The number of hydrogen-bond donors (Lipinski definition) is 1. The number of hydrogen-bond acceptors (Lipinski definition) is 4. The van der Waals surface area contributed by atoms with Crippen LogP contribution in [0.4, 0.5) is 0 Å². The van der Waals surface area contributed by atoms with E-state index in [1.54, 1.807) is 4.68 Å². The largest absolute Gasteiger partial charge is 0.356 e. The highest BCUT2D eigenvalue weighted by Crippen LogP contribution is 2.26. The number of aryl methyl sites for hydroxylation is 1. The van der Waals surface area contributed by atoms with E-state index >= 15 is 0 Å². The topological polar surface area (TPSA) is 87.5 Å². The van der Waals surface area contributed by atoms with Crippen molar-refractivity contribution in [3.63, 3.8) is 0 Å². The van der Waals surface area contributed by atoms with Crippen molar-refractivity contribution in [2.45, 2.75) is 71.8 Å². The van der Waals surface area contributed by atoms with Gasteiger partial charge in [-0.15, -0.1) is 0 Å². The molecule has 186 valence electrons. The van der Waals surface area contributed by atoms with Gasteiger partial charge in [0, 0.05) is 69.3 Å². The normalized spacial score (nSPS) is 19.1. The fourth-order valence-corrected chi connectivity index (χ4v) is 5.43. The Labute approximate surface area is 202 Å². The first-order valence-corrected chi connectivity index (χ1v) is 12.9. The van der Waals surface area contributed by atoms with Crippen molar-refractivity contribution < 1.29 is 14.4 Å². The fraction of sp³-hybridized carbons (Fsp3) is 0.692. The lowest BCUT2D eigenvalue weighted by Crippen LogP contribution is -2.44. The van der Waals surface area contributed by atoms with E-state index in [4.69, 9.17) is 0 Å². The van der Waals surface area contributed by atoms with Gasteiger partial charge in [-0.3, -0.25) is 19.1 Å². The molecule has 8 nitrogen and oxygen atoms in total. The maximum absolute atomic E-state index is 13.4. The van der Waals surface area contributed by atoms with Crippen LogP contribution in [0, 0.1) is 11.8 Å². The molecule has 3 heterocycles. The van der Waals surface area contributed by atoms with E-state index in [-0.39, 0.29) is 29.6 Å². The number of rotatable bonds is 6. The number of allylic oxidation sites excluding steroid dienone is 1. The summed E-state index contributed by atoms with van der Waals surface area (Å²) >= 11 is 0. The Bertz CT molecular complexity index is 956. The van der Waals surface area contributed by atoms with Gasteiger partial charge in [0.25, 0.3) is 5.91 Å². The first kappa shape index (κ1) is 24.5. The average molecular weight is 470 g/mol. The van der Waals surface area contributed by atoms with Crippen molar-refractivity contribution in [1.82, 2.24) is 24.9 Å². The minimum absolute atomic E-state index is 0.0406. The van der Waals surface area contributed by atoms with Gasteiger partial charge < -0.3 is 15.1 Å². The molecule has 34 heavy (non-hydrogen) atoms. The maximum atomic E-state index is 13.4. The highest BCUT2D eigenvalue weighted by Gasteiger charge is 2.34. The van der Waals surface area contributed by atoms with Gasteiger partial charge in [0.2, 0.25) is 11.8 Å². The number of fused-ring (bicyclic) bond motifs is 1. The number of carbonyl (C=O) groups excluding carboxylic acids is 3. The molecule has 0 bridgehead atoms. The Hall–Kier alpha value is -2.64. The second-order valence-corrected chi connectivity index (χ2v) is 10.3. The van der Waals surface area contributed by atoms with Gasteiger partial charge in [-0.1, -0.05) is 25.5 Å². The summed E-state index contributed by atoms with van der Waals surface area (Å²) in [5.74, 6) is 0.0305. The molecule has 3 aliphatic rings. The summed E-state index contributed by atoms with van der Waals surface area (Å²) < 4.78 is 1.79. The summed E-state index contributed by atoms with van der Waals surface area (Å²) in [5, 5.41) is 7.66. The molecule has 4 rings (SSSR count). The number of carbonyl (C=O) groups is 3. The Morgan fingerprint density at radius 2 is 1.85 bits per heavy atom. The SMILES string of the molecule is CC(C)C(=O)N1CCc2c(c(C(=O)N3CCC(C(=O)NCCC4=CCCCC4)CC3)nn2C)C1. The predicted octanol–water partition coefficient (Wildman–Crippen LogP) is 2.82. The Balaban J connectivity index is 1.31. The molecule has 0 aromatic carbocycles. The van der Waals surface area contributed by atoms with Crippen molar-refractivity contribution in [3.05, 3.63) is 28.6 Å². The zero-order valence-corrected chi connectivity index (χ0v) is 20.9. The van der Waals surface area contributed by atoms with Crippen molar-refractivity contribution in [3.8, 4) is 0 Å². The van der Waals surface area contributed by atoms with E-state index in [1.807, 2.05) is 30.7 Å². The second-order valence-electron chi connectivity index (χ2n) is 10.3. The van der Waals surface area contributed by atoms with Crippen LogP contribution in [0.3, 0.4) is 0 Å². The molecular weight excluding hydrogens is 430 g/mol. The van der Waals surface area contributed by atoms with Crippen LogP contribution in [0.1, 0.15) is 80.5 Å². The highest BCUT2D eigenvalue weighted by atomic mass is 16.2. The van der Waals surface area contributed by atoms with Crippen molar-refractivity contribution in [1.29, 1.82) is 0 Å². The van der Waals surface area contributed by atoms with Crippen molar-refractivity contribution >= 4 is 17.7 Å². The van der Waals surface area contributed by atoms with Crippen molar-refractivity contribution in [2.75, 3.05) is 26.2 Å². The lowest BCUT2D eigenvalue weighted by molar-refractivity contribution is -0.135. The van der Waals surface area contributed by atoms with E-state index in [0.717, 1.165) is 24.1 Å². The third-order valence-corrected chi connectivity index (χ3v) is 7.53. The molecular formula is C26H39N5O3. The zero-order valence-electron chi connectivity index (χ0n) is 20.9. The van der Waals surface area contributed by atoms with Crippen LogP contribution >= 0.6 is 0 Å². The van der Waals surface area contributed by atoms with E-state index < -0.39 is 0 Å². The summed E-state index contributed by atoms with van der Waals surface area (Å²) in [6.07, 6.45) is 10.2. The number of nitrogens with one attached hydrogen (secondary N) is 1. The van der Waals surface area contributed by atoms with Crippen molar-refractivity contribution in [2.24, 2.45) is 18.9 Å². The van der Waals surface area contributed by atoms with Crippen LogP contribution in [-0.4, -0.2) is 63.5 Å². The van der Waals surface area contributed by atoms with Crippen LogP contribution in [0.15, 0.2) is 11.6 Å². The molecule has 0 unspecified atom stereocenters. The van der Waals surface area contributed by atoms with Crippen LogP contribution in [0.25, 0.3) is 0 Å². The molecule has 1 fully saturated rings. The Morgan fingerprint density at radius 3 is 2.53 bits per heavy atom. The molecule has 1 N–H and O–H groups in total. The van der Waals surface area contributed by atoms with Gasteiger partial charge in [-0.2, -0.15) is 5.10 Å². The van der Waals surface area contributed by atoms with Crippen LogP contribution in [0.5, 0.6) is 0 Å². The van der Waals surface area contributed by atoms with Gasteiger partial charge in [0.05, 0.1) is 0 Å². The monoisotopic (exact) mass is 469 g/mol. The lowest BCUT2D eigenvalue weighted by Gasteiger charge is -2.32. The number of piperidine rings is 1. The molecule has 1 saturated heterocycles. The highest BCUT2D eigenvalue weighted by molar-refractivity contribution is 5.94. The first-order valence-electron chi connectivity index (χ1n) is 12.9. The number of likely N-dealkylation sites (tertiary alicyclic amines) is 1. The lowest BCUT2D eigenvalue weighted by atomic mass is 9.94. The summed E-state index contributed by atoms with van der Waals surface area (Å²) in [7, 11) is 1.87. The third-order valence-electron chi connectivity index (χ3n) is 7.53. The zero-order chi connectivity index (χ0) is 24.2. The minimum atomic E-state index is -0.0845. The van der Waals surface area contributed by atoms with E-state index in [9.17, 15) is 14.4 Å². The fourth-order valence-electron chi connectivity index (χ4n) is 5.43. The summed E-state index contributed by atoms with van der Waals surface area (Å²) in [5.41, 5.74) is 3.85. The Morgan fingerprint density at radius 1 is 1.09 bits per heavy atom. The summed E-state index contributed by atoms with van der Waals surface area (Å²) in [6.45, 7) is 6.73. The number of nitrogens with zero attached hydrogens (tertiary/aromatic N) is 4. The minimum Gasteiger partial charge on any atom is -0.356 e. The molecule has 8 heteroatoms. The first-order chi connectivity index (χ1) is 16.3. The average Bonchev–Trinajstić information content (AvgIpc) is 3.19.